The SMILES string of the molecule is CC(=O)c1cc(N)ccc1Oc1cncc(Cl)c1. The van der Waals surface area contributed by atoms with Gasteiger partial charge in [0.1, 0.15) is 11.5 Å². The first-order valence-corrected chi connectivity index (χ1v) is 5.63. The number of nitrogens with zero attached hydrogens (tertiary/aromatic N) is 1. The number of ether oxygens (including phenoxy) is 1. The molecule has 0 spiro atoms. The van der Waals surface area contributed by atoms with Gasteiger partial charge < -0.3 is 10.5 Å². The summed E-state index contributed by atoms with van der Waals surface area (Å²) < 4.78 is 5.58. The summed E-state index contributed by atoms with van der Waals surface area (Å²) in [6, 6.07) is 6.51. The maximum atomic E-state index is 11.5. The average Bonchev–Trinajstić information content (AvgIpc) is 2.31. The predicted molar refractivity (Wildman–Crippen MR) is 70.2 cm³/mol. The number of nitrogens with two attached hydrogens (primary N) is 1. The Bertz CT molecular complexity index is 599. The summed E-state index contributed by atoms with van der Waals surface area (Å²) in [6.07, 6.45) is 3.02. The molecule has 0 radical (unpaired) electrons. The minimum absolute atomic E-state index is 0.118. The van der Waals surface area contributed by atoms with Gasteiger partial charge in [-0.1, -0.05) is 11.6 Å². The molecule has 0 atom stereocenters. The average molecular weight is 263 g/mol. The lowest BCUT2D eigenvalue weighted by molar-refractivity contribution is 0.101. The molecule has 0 aliphatic carbocycles. The number of carbonyl (C=O) groups excluding carboxylic acids is 1. The highest BCUT2D eigenvalue weighted by molar-refractivity contribution is 6.30. The van der Waals surface area contributed by atoms with Gasteiger partial charge in [-0.15, -0.1) is 0 Å². The normalized spacial score (nSPS) is 10.1. The second kappa shape index (κ2) is 5.06. The van der Waals surface area contributed by atoms with Crippen LogP contribution in [0.3, 0.4) is 0 Å². The Kier molecular flexibility index (Phi) is 3.48. The summed E-state index contributed by atoms with van der Waals surface area (Å²) in [4.78, 5) is 15.4. The first-order valence-electron chi connectivity index (χ1n) is 5.25. The van der Waals surface area contributed by atoms with Gasteiger partial charge in [0, 0.05) is 18.0 Å². The molecule has 18 heavy (non-hydrogen) atoms. The first-order chi connectivity index (χ1) is 8.56. The smallest absolute Gasteiger partial charge is 0.163 e. The van der Waals surface area contributed by atoms with E-state index in [0.29, 0.717) is 27.8 Å². The largest absolute Gasteiger partial charge is 0.455 e. The number of anilines is 1. The van der Waals surface area contributed by atoms with Gasteiger partial charge in [-0.2, -0.15) is 0 Å². The van der Waals surface area contributed by atoms with Crippen LogP contribution in [0, 0.1) is 0 Å². The van der Waals surface area contributed by atoms with Crippen molar-refractivity contribution >= 4 is 23.1 Å². The van der Waals surface area contributed by atoms with Crippen LogP contribution in [0.25, 0.3) is 0 Å². The van der Waals surface area contributed by atoms with Gasteiger partial charge in [0.05, 0.1) is 16.8 Å². The van der Waals surface area contributed by atoms with E-state index in [-0.39, 0.29) is 5.78 Å². The van der Waals surface area contributed by atoms with Gasteiger partial charge in [-0.25, -0.2) is 0 Å². The second-order valence-electron chi connectivity index (χ2n) is 3.75. The maximum Gasteiger partial charge on any atom is 0.163 e. The van der Waals surface area contributed by atoms with Crippen LogP contribution in [-0.4, -0.2) is 10.8 Å². The van der Waals surface area contributed by atoms with Crippen LogP contribution in [-0.2, 0) is 0 Å². The lowest BCUT2D eigenvalue weighted by Gasteiger charge is -2.09. The molecule has 0 aliphatic rings. The molecule has 92 valence electrons. The summed E-state index contributed by atoms with van der Waals surface area (Å²) in [5.74, 6) is 0.780. The molecule has 0 fully saturated rings. The molecule has 1 heterocycles. The Labute approximate surface area is 109 Å². The van der Waals surface area contributed by atoms with E-state index >= 15 is 0 Å². The number of rotatable bonds is 3. The summed E-state index contributed by atoms with van der Waals surface area (Å²) in [6.45, 7) is 1.46. The Morgan fingerprint density at radius 3 is 2.78 bits per heavy atom. The molecule has 0 saturated heterocycles. The van der Waals surface area contributed by atoms with Crippen molar-refractivity contribution in [3.8, 4) is 11.5 Å². The van der Waals surface area contributed by atoms with Crippen LogP contribution >= 0.6 is 11.6 Å². The summed E-state index contributed by atoms with van der Waals surface area (Å²) in [5.41, 5.74) is 6.58. The van der Waals surface area contributed by atoms with E-state index in [1.54, 1.807) is 24.3 Å². The number of halogens is 1. The Balaban J connectivity index is 2.37. The van der Waals surface area contributed by atoms with Crippen molar-refractivity contribution in [1.29, 1.82) is 0 Å². The number of pyridine rings is 1. The summed E-state index contributed by atoms with van der Waals surface area (Å²) in [5, 5.41) is 0.465. The quantitative estimate of drug-likeness (QED) is 0.681. The number of hydrogen-bond acceptors (Lipinski definition) is 4. The maximum absolute atomic E-state index is 11.5. The third kappa shape index (κ3) is 2.78. The Morgan fingerprint density at radius 2 is 2.11 bits per heavy atom. The number of hydrogen-bond donors (Lipinski definition) is 1. The van der Waals surface area contributed by atoms with Gasteiger partial charge in [-0.3, -0.25) is 9.78 Å². The van der Waals surface area contributed by atoms with Crippen molar-refractivity contribution < 1.29 is 9.53 Å². The van der Waals surface area contributed by atoms with E-state index in [0.717, 1.165) is 0 Å². The molecular weight excluding hydrogens is 252 g/mol. The van der Waals surface area contributed by atoms with Crippen molar-refractivity contribution in [2.75, 3.05) is 5.73 Å². The lowest BCUT2D eigenvalue weighted by atomic mass is 10.1. The zero-order valence-electron chi connectivity index (χ0n) is 9.68. The first kappa shape index (κ1) is 12.4. The number of benzene rings is 1. The Hall–Kier alpha value is -2.07. The molecule has 0 amide bonds. The van der Waals surface area contributed by atoms with Crippen LogP contribution in [0.15, 0.2) is 36.7 Å². The summed E-state index contributed by atoms with van der Waals surface area (Å²) in [7, 11) is 0. The van der Waals surface area contributed by atoms with Gasteiger partial charge in [-0.05, 0) is 25.1 Å². The van der Waals surface area contributed by atoms with Crippen LogP contribution < -0.4 is 10.5 Å². The van der Waals surface area contributed by atoms with E-state index in [4.69, 9.17) is 22.1 Å². The number of carbonyl (C=O) groups is 1. The molecular formula is C13H11ClN2O2. The molecule has 1 aromatic carbocycles. The zero-order valence-corrected chi connectivity index (χ0v) is 10.4. The van der Waals surface area contributed by atoms with Crippen LogP contribution in [0.5, 0.6) is 11.5 Å². The molecule has 5 heteroatoms. The summed E-state index contributed by atoms with van der Waals surface area (Å²) >= 11 is 5.81. The highest BCUT2D eigenvalue weighted by atomic mass is 35.5. The molecule has 4 nitrogen and oxygen atoms in total. The molecule has 2 aromatic rings. The van der Waals surface area contributed by atoms with Crippen molar-refractivity contribution in [2.24, 2.45) is 0 Å². The highest BCUT2D eigenvalue weighted by Crippen LogP contribution is 2.28. The van der Waals surface area contributed by atoms with E-state index < -0.39 is 0 Å². The minimum Gasteiger partial charge on any atom is -0.455 e. The molecule has 0 saturated carbocycles. The third-order valence-corrected chi connectivity index (χ3v) is 2.50. The second-order valence-corrected chi connectivity index (χ2v) is 4.19. The monoisotopic (exact) mass is 262 g/mol. The van der Waals surface area contributed by atoms with E-state index in [9.17, 15) is 4.79 Å². The Morgan fingerprint density at radius 1 is 1.33 bits per heavy atom. The van der Waals surface area contributed by atoms with Gasteiger partial charge in [0.15, 0.2) is 5.78 Å². The fraction of sp³-hybridized carbons (Fsp3) is 0.0769. The number of ketones is 1. The van der Waals surface area contributed by atoms with Gasteiger partial charge >= 0.3 is 0 Å². The molecule has 0 bridgehead atoms. The van der Waals surface area contributed by atoms with E-state index in [1.165, 1.54) is 19.3 Å². The van der Waals surface area contributed by atoms with Gasteiger partial charge in [0.2, 0.25) is 0 Å². The van der Waals surface area contributed by atoms with Gasteiger partial charge in [0.25, 0.3) is 0 Å². The minimum atomic E-state index is -0.118. The molecule has 0 aliphatic heterocycles. The van der Waals surface area contributed by atoms with Crippen LogP contribution in [0.2, 0.25) is 5.02 Å². The molecule has 1 aromatic heterocycles. The standard InChI is InChI=1S/C13H11ClN2O2/c1-8(17)12-5-10(15)2-3-13(12)18-11-4-9(14)6-16-7-11/h2-7H,15H2,1H3. The van der Waals surface area contributed by atoms with Crippen molar-refractivity contribution in [3.05, 3.63) is 47.2 Å². The van der Waals surface area contributed by atoms with E-state index in [2.05, 4.69) is 4.98 Å². The third-order valence-electron chi connectivity index (χ3n) is 2.29. The van der Waals surface area contributed by atoms with Crippen molar-refractivity contribution in [3.63, 3.8) is 0 Å². The topological polar surface area (TPSA) is 65.2 Å². The fourth-order valence-electron chi connectivity index (χ4n) is 1.49. The molecule has 0 unspecified atom stereocenters. The lowest BCUT2D eigenvalue weighted by Crippen LogP contribution is -1.99. The molecule has 2 N–H and O–H groups in total. The molecule has 2 rings (SSSR count). The number of aromatic nitrogens is 1. The van der Waals surface area contributed by atoms with Crippen LogP contribution in [0.1, 0.15) is 17.3 Å². The predicted octanol–water partition coefficient (Wildman–Crippen LogP) is 3.31. The highest BCUT2D eigenvalue weighted by Gasteiger charge is 2.10. The van der Waals surface area contributed by atoms with E-state index in [1.807, 2.05) is 0 Å². The van der Waals surface area contributed by atoms with Crippen molar-refractivity contribution in [2.45, 2.75) is 6.92 Å². The fourth-order valence-corrected chi connectivity index (χ4v) is 1.65. The number of nitrogen functional groups attached to an aromatic ring is 1. The zero-order chi connectivity index (χ0) is 13.1. The van der Waals surface area contributed by atoms with Crippen LogP contribution in [0.4, 0.5) is 5.69 Å². The van der Waals surface area contributed by atoms with Crippen molar-refractivity contribution in [1.82, 2.24) is 4.98 Å². The number of Topliss-reactive ketones (excluding diaryl/α,β-unsaturated/α-hetero) is 1.